The average molecular weight is 273 g/mol. The van der Waals surface area contributed by atoms with Crippen LogP contribution in [0.2, 0.25) is 0 Å². The molecule has 5 atom stereocenters. The molecule has 2 N–H and O–H groups in total. The van der Waals surface area contributed by atoms with E-state index in [1.54, 1.807) is 13.8 Å². The van der Waals surface area contributed by atoms with Gasteiger partial charge in [-0.1, -0.05) is 0 Å². The lowest BCUT2D eigenvalue weighted by Crippen LogP contribution is -2.46. The minimum absolute atomic E-state index is 0.193. The Morgan fingerprint density at radius 3 is 2.63 bits per heavy atom. The van der Waals surface area contributed by atoms with Crippen molar-refractivity contribution in [2.24, 2.45) is 0 Å². The predicted octanol–water partition coefficient (Wildman–Crippen LogP) is -1.18. The van der Waals surface area contributed by atoms with Crippen molar-refractivity contribution in [3.8, 4) is 0 Å². The standard InChI is InChI=1S/C12H19NO6/c1-12(2)18-8-7(5-14)17-11(9(8)19-12)13-4-3-6(15)10(13)16/h6-9,11,14-15H,3-5H2,1-2H3/t6-,7+,8+,9+,11+/m0/s1. The van der Waals surface area contributed by atoms with Crippen LogP contribution in [0, 0.1) is 0 Å². The van der Waals surface area contributed by atoms with Gasteiger partial charge in [-0.2, -0.15) is 0 Å². The molecule has 0 unspecified atom stereocenters. The van der Waals surface area contributed by atoms with Gasteiger partial charge in [0.1, 0.15) is 24.4 Å². The van der Waals surface area contributed by atoms with Crippen molar-refractivity contribution in [1.82, 2.24) is 4.90 Å². The maximum Gasteiger partial charge on any atom is 0.253 e. The van der Waals surface area contributed by atoms with Crippen molar-refractivity contribution in [3.05, 3.63) is 0 Å². The third-order valence-corrected chi connectivity index (χ3v) is 3.82. The van der Waals surface area contributed by atoms with Crippen molar-refractivity contribution in [3.63, 3.8) is 0 Å². The number of likely N-dealkylation sites (tertiary alicyclic amines) is 1. The van der Waals surface area contributed by atoms with E-state index in [1.807, 2.05) is 0 Å². The van der Waals surface area contributed by atoms with Crippen LogP contribution in [0.15, 0.2) is 0 Å². The fourth-order valence-corrected chi connectivity index (χ4v) is 3.00. The smallest absolute Gasteiger partial charge is 0.253 e. The van der Waals surface area contributed by atoms with E-state index in [4.69, 9.17) is 14.2 Å². The van der Waals surface area contributed by atoms with Crippen LogP contribution < -0.4 is 0 Å². The van der Waals surface area contributed by atoms with E-state index in [1.165, 1.54) is 4.90 Å². The summed E-state index contributed by atoms with van der Waals surface area (Å²) in [7, 11) is 0. The van der Waals surface area contributed by atoms with E-state index in [-0.39, 0.29) is 12.5 Å². The molecule has 19 heavy (non-hydrogen) atoms. The largest absolute Gasteiger partial charge is 0.394 e. The molecule has 3 rings (SSSR count). The maximum absolute atomic E-state index is 11.9. The summed E-state index contributed by atoms with van der Waals surface area (Å²) in [6.07, 6.45) is -2.51. The fraction of sp³-hybridized carbons (Fsp3) is 0.917. The zero-order valence-electron chi connectivity index (χ0n) is 11.0. The molecule has 7 nitrogen and oxygen atoms in total. The van der Waals surface area contributed by atoms with Gasteiger partial charge in [-0.05, 0) is 13.8 Å². The molecule has 1 amide bonds. The van der Waals surface area contributed by atoms with Gasteiger partial charge >= 0.3 is 0 Å². The fourth-order valence-electron chi connectivity index (χ4n) is 3.00. The Hall–Kier alpha value is -0.730. The topological polar surface area (TPSA) is 88.5 Å². The van der Waals surface area contributed by atoms with Gasteiger partial charge in [0.2, 0.25) is 0 Å². The Morgan fingerprint density at radius 1 is 1.37 bits per heavy atom. The molecule has 3 heterocycles. The molecule has 0 aromatic carbocycles. The molecule has 0 aliphatic carbocycles. The number of carbonyl (C=O) groups is 1. The molecule has 3 aliphatic heterocycles. The van der Waals surface area contributed by atoms with Gasteiger partial charge in [0.15, 0.2) is 12.0 Å². The normalized spacial score (nSPS) is 44.9. The summed E-state index contributed by atoms with van der Waals surface area (Å²) in [6, 6.07) is 0. The van der Waals surface area contributed by atoms with E-state index in [9.17, 15) is 15.0 Å². The Bertz CT molecular complexity index is 386. The number of rotatable bonds is 2. The van der Waals surface area contributed by atoms with Crippen LogP contribution >= 0.6 is 0 Å². The van der Waals surface area contributed by atoms with Crippen LogP contribution in [0.25, 0.3) is 0 Å². The number of aliphatic hydroxyl groups excluding tert-OH is 2. The summed E-state index contributed by atoms with van der Waals surface area (Å²) in [5, 5.41) is 18.9. The lowest BCUT2D eigenvalue weighted by atomic mass is 10.1. The SMILES string of the molecule is CC1(C)O[C@@H]2[C@H](O1)[C@@H](CO)O[C@H]2N1CC[C@H](O)C1=O. The highest BCUT2D eigenvalue weighted by Gasteiger charge is 2.58. The molecule has 3 fully saturated rings. The van der Waals surface area contributed by atoms with Crippen LogP contribution in [0.3, 0.4) is 0 Å². The van der Waals surface area contributed by atoms with Crippen molar-refractivity contribution in [2.75, 3.05) is 13.2 Å². The molecule has 108 valence electrons. The maximum atomic E-state index is 11.9. The molecule has 0 saturated carbocycles. The number of amides is 1. The van der Waals surface area contributed by atoms with Crippen LogP contribution in [0.4, 0.5) is 0 Å². The molecule has 3 saturated heterocycles. The number of fused-ring (bicyclic) bond motifs is 1. The molecular formula is C12H19NO6. The van der Waals surface area contributed by atoms with Crippen molar-refractivity contribution in [2.45, 2.75) is 56.7 Å². The number of hydrogen-bond donors (Lipinski definition) is 2. The van der Waals surface area contributed by atoms with E-state index >= 15 is 0 Å². The summed E-state index contributed by atoms with van der Waals surface area (Å²) < 4.78 is 17.2. The first-order valence-electron chi connectivity index (χ1n) is 6.53. The van der Waals surface area contributed by atoms with Gasteiger partial charge in [-0.15, -0.1) is 0 Å². The summed E-state index contributed by atoms with van der Waals surface area (Å²) in [5.41, 5.74) is 0. The molecule has 7 heteroatoms. The molecule has 3 aliphatic rings. The second-order valence-corrected chi connectivity index (χ2v) is 5.65. The highest BCUT2D eigenvalue weighted by atomic mass is 16.8. The number of hydrogen-bond acceptors (Lipinski definition) is 6. The molecule has 0 spiro atoms. The monoisotopic (exact) mass is 273 g/mol. The zero-order chi connectivity index (χ0) is 13.8. The summed E-state index contributed by atoms with van der Waals surface area (Å²) >= 11 is 0. The number of aliphatic hydroxyl groups is 2. The predicted molar refractivity (Wildman–Crippen MR) is 61.9 cm³/mol. The summed E-state index contributed by atoms with van der Waals surface area (Å²) in [4.78, 5) is 13.3. The second kappa shape index (κ2) is 4.39. The first-order chi connectivity index (χ1) is 8.93. The van der Waals surface area contributed by atoms with Gasteiger partial charge in [0, 0.05) is 13.0 Å². The molecule has 0 bridgehead atoms. The Kier molecular flexibility index (Phi) is 3.06. The van der Waals surface area contributed by atoms with Gasteiger partial charge in [0.25, 0.3) is 5.91 Å². The van der Waals surface area contributed by atoms with Crippen molar-refractivity contribution >= 4 is 5.91 Å². The molecular weight excluding hydrogens is 254 g/mol. The Morgan fingerprint density at radius 2 is 2.05 bits per heavy atom. The highest BCUT2D eigenvalue weighted by Crippen LogP contribution is 2.40. The second-order valence-electron chi connectivity index (χ2n) is 5.65. The molecule has 0 aromatic rings. The van der Waals surface area contributed by atoms with Gasteiger partial charge in [-0.25, -0.2) is 0 Å². The minimum Gasteiger partial charge on any atom is -0.394 e. The third-order valence-electron chi connectivity index (χ3n) is 3.82. The lowest BCUT2D eigenvalue weighted by Gasteiger charge is -2.29. The molecule has 0 radical (unpaired) electrons. The van der Waals surface area contributed by atoms with E-state index in [2.05, 4.69) is 0 Å². The summed E-state index contributed by atoms with van der Waals surface area (Å²) in [5.74, 6) is -1.11. The minimum atomic E-state index is -0.967. The average Bonchev–Trinajstić information content (AvgIpc) is 2.93. The quantitative estimate of drug-likeness (QED) is 0.658. The van der Waals surface area contributed by atoms with Crippen LogP contribution in [0.5, 0.6) is 0 Å². The summed E-state index contributed by atoms with van der Waals surface area (Å²) in [6.45, 7) is 3.81. The number of nitrogens with zero attached hydrogens (tertiary/aromatic N) is 1. The van der Waals surface area contributed by atoms with E-state index < -0.39 is 36.4 Å². The molecule has 0 aromatic heterocycles. The number of carbonyl (C=O) groups excluding carboxylic acids is 1. The first kappa shape index (κ1) is 13.3. The lowest BCUT2D eigenvalue weighted by molar-refractivity contribution is -0.209. The highest BCUT2D eigenvalue weighted by molar-refractivity contribution is 5.83. The van der Waals surface area contributed by atoms with Gasteiger partial charge < -0.3 is 29.3 Å². The van der Waals surface area contributed by atoms with Crippen LogP contribution in [0.1, 0.15) is 20.3 Å². The Labute approximate surface area is 111 Å². The van der Waals surface area contributed by atoms with Gasteiger partial charge in [-0.3, -0.25) is 4.79 Å². The van der Waals surface area contributed by atoms with Crippen LogP contribution in [-0.4, -0.2) is 70.6 Å². The number of ether oxygens (including phenoxy) is 3. The van der Waals surface area contributed by atoms with E-state index in [0.29, 0.717) is 13.0 Å². The zero-order valence-corrected chi connectivity index (χ0v) is 11.0. The van der Waals surface area contributed by atoms with E-state index in [0.717, 1.165) is 0 Å². The Balaban J connectivity index is 1.81. The first-order valence-corrected chi connectivity index (χ1v) is 6.53. The third kappa shape index (κ3) is 2.05. The van der Waals surface area contributed by atoms with Crippen LogP contribution in [-0.2, 0) is 19.0 Å². The van der Waals surface area contributed by atoms with Crippen molar-refractivity contribution in [1.29, 1.82) is 0 Å². The van der Waals surface area contributed by atoms with Crippen molar-refractivity contribution < 1.29 is 29.2 Å². The van der Waals surface area contributed by atoms with Gasteiger partial charge in [0.05, 0.1) is 6.61 Å².